The second kappa shape index (κ2) is 8.18. The van der Waals surface area contributed by atoms with Gasteiger partial charge >= 0.3 is 12.0 Å². The Bertz CT molecular complexity index is 743. The van der Waals surface area contributed by atoms with Gasteiger partial charge in [-0.05, 0) is 43.8 Å². The van der Waals surface area contributed by atoms with Crippen LogP contribution in [-0.2, 0) is 9.53 Å². The topological polar surface area (TPSA) is 73.9 Å². The van der Waals surface area contributed by atoms with Crippen molar-refractivity contribution in [3.8, 4) is 0 Å². The van der Waals surface area contributed by atoms with Gasteiger partial charge in [-0.1, -0.05) is 12.1 Å². The van der Waals surface area contributed by atoms with Crippen LogP contribution < -0.4 is 10.6 Å². The van der Waals surface area contributed by atoms with E-state index in [1.54, 1.807) is 45.1 Å². The van der Waals surface area contributed by atoms with Crippen LogP contribution in [-0.4, -0.2) is 54.7 Å². The van der Waals surface area contributed by atoms with Gasteiger partial charge < -0.3 is 25.2 Å². The van der Waals surface area contributed by atoms with Crippen LogP contribution in [0.4, 0.5) is 10.5 Å². The van der Waals surface area contributed by atoms with E-state index in [9.17, 15) is 9.59 Å². The fourth-order valence-electron chi connectivity index (χ4n) is 2.55. The zero-order valence-corrected chi connectivity index (χ0v) is 16.4. The van der Waals surface area contributed by atoms with E-state index in [0.29, 0.717) is 23.0 Å². The van der Waals surface area contributed by atoms with Crippen LogP contribution in [0.3, 0.4) is 0 Å². The molecule has 2 N–H and O–H groups in total. The highest BCUT2D eigenvalue weighted by Gasteiger charge is 2.33. The van der Waals surface area contributed by atoms with Crippen molar-refractivity contribution in [1.82, 2.24) is 15.1 Å². The normalized spacial score (nSPS) is 16.9. The zero-order valence-electron chi connectivity index (χ0n) is 15.6. The minimum atomic E-state index is -0.406. The van der Waals surface area contributed by atoms with E-state index in [-0.39, 0.29) is 12.0 Å². The maximum absolute atomic E-state index is 12.5. The second-order valence-corrected chi connectivity index (χ2v) is 6.49. The Morgan fingerprint density at radius 1 is 1.31 bits per heavy atom. The molecular weight excluding hydrogens is 352 g/mol. The molecule has 1 aromatic rings. The average molecular weight is 376 g/mol. The smallest absolute Gasteiger partial charge is 0.338 e. The van der Waals surface area contributed by atoms with Gasteiger partial charge in [0.1, 0.15) is 0 Å². The summed E-state index contributed by atoms with van der Waals surface area (Å²) in [6, 6.07) is 6.67. The summed E-state index contributed by atoms with van der Waals surface area (Å²) in [5.74, 6) is -0.373. The van der Waals surface area contributed by atoms with E-state index >= 15 is 0 Å². The highest BCUT2D eigenvalue weighted by atomic mass is 32.1. The molecule has 1 heterocycles. The highest BCUT2D eigenvalue weighted by Crippen LogP contribution is 2.31. The van der Waals surface area contributed by atoms with Crippen LogP contribution in [0.15, 0.2) is 35.5 Å². The van der Waals surface area contributed by atoms with Gasteiger partial charge in [0.25, 0.3) is 0 Å². The number of ether oxygens (including phenoxy) is 1. The van der Waals surface area contributed by atoms with Crippen LogP contribution in [0.1, 0.15) is 25.5 Å². The van der Waals surface area contributed by atoms with E-state index in [4.69, 9.17) is 17.0 Å². The Hall–Kier alpha value is -2.61. The van der Waals surface area contributed by atoms with E-state index in [1.807, 2.05) is 19.1 Å². The first-order valence-corrected chi connectivity index (χ1v) is 8.67. The van der Waals surface area contributed by atoms with E-state index in [1.165, 1.54) is 4.90 Å². The monoisotopic (exact) mass is 376 g/mol. The van der Waals surface area contributed by atoms with Gasteiger partial charge in [0.2, 0.25) is 0 Å². The summed E-state index contributed by atoms with van der Waals surface area (Å²) in [7, 11) is 5.15. The lowest BCUT2D eigenvalue weighted by atomic mass is 9.95. The molecule has 26 heavy (non-hydrogen) atoms. The minimum absolute atomic E-state index is 0.209. The number of hydrogen-bond acceptors (Lipinski definition) is 4. The molecule has 0 saturated carbocycles. The Morgan fingerprint density at radius 2 is 1.92 bits per heavy atom. The Morgan fingerprint density at radius 3 is 2.46 bits per heavy atom. The number of urea groups is 1. The number of amides is 2. The van der Waals surface area contributed by atoms with Gasteiger partial charge in [-0.3, -0.25) is 0 Å². The third kappa shape index (κ3) is 4.13. The summed E-state index contributed by atoms with van der Waals surface area (Å²) in [6.07, 6.45) is 0. The van der Waals surface area contributed by atoms with Gasteiger partial charge in [0.05, 0.1) is 18.2 Å². The molecule has 8 heteroatoms. The quantitative estimate of drug-likeness (QED) is 0.621. The van der Waals surface area contributed by atoms with Crippen molar-refractivity contribution in [2.75, 3.05) is 33.1 Å². The summed E-state index contributed by atoms with van der Waals surface area (Å²) in [4.78, 5) is 27.4. The maximum atomic E-state index is 12.5. The number of allylic oxidation sites excluding steroid dienone is 1. The summed E-state index contributed by atoms with van der Waals surface area (Å²) >= 11 is 5.36. The van der Waals surface area contributed by atoms with Crippen LogP contribution >= 0.6 is 12.2 Å². The molecular formula is C18H24N4O3S. The molecule has 1 aromatic carbocycles. The predicted molar refractivity (Wildman–Crippen MR) is 105 cm³/mol. The first-order chi connectivity index (χ1) is 12.3. The molecule has 0 fully saturated rings. The number of nitrogens with one attached hydrogen (secondary N) is 2. The second-order valence-electron chi connectivity index (χ2n) is 6.11. The van der Waals surface area contributed by atoms with Gasteiger partial charge in [-0.25, -0.2) is 9.59 Å². The molecule has 0 bridgehead atoms. The summed E-state index contributed by atoms with van der Waals surface area (Å²) in [5.41, 5.74) is 2.79. The Balaban J connectivity index is 2.33. The maximum Gasteiger partial charge on any atom is 0.338 e. The highest BCUT2D eigenvalue weighted by molar-refractivity contribution is 7.80. The largest absolute Gasteiger partial charge is 0.463 e. The van der Waals surface area contributed by atoms with Crippen LogP contribution in [0, 0.1) is 0 Å². The van der Waals surface area contributed by atoms with Gasteiger partial charge in [0.15, 0.2) is 5.11 Å². The molecule has 2 rings (SSSR count). The number of esters is 1. The van der Waals surface area contributed by atoms with Gasteiger partial charge in [-0.2, -0.15) is 0 Å². The minimum Gasteiger partial charge on any atom is -0.463 e. The molecule has 0 spiro atoms. The SMILES string of the molecule is CCOC(=O)C1=C(C)N(C)C(=S)NC1c1ccc(NC(=O)N(C)C)cc1. The number of benzene rings is 1. The number of hydrogen-bond donors (Lipinski definition) is 2. The van der Waals surface area contributed by atoms with Crippen molar-refractivity contribution in [3.05, 3.63) is 41.1 Å². The molecule has 2 amide bonds. The third-order valence-corrected chi connectivity index (χ3v) is 4.54. The molecule has 1 aliphatic heterocycles. The number of rotatable bonds is 4. The van der Waals surface area contributed by atoms with E-state index < -0.39 is 6.04 Å². The summed E-state index contributed by atoms with van der Waals surface area (Å²) < 4.78 is 5.22. The molecule has 1 atom stereocenters. The van der Waals surface area contributed by atoms with Crippen molar-refractivity contribution >= 4 is 35.0 Å². The Kier molecular flexibility index (Phi) is 6.20. The predicted octanol–water partition coefficient (Wildman–Crippen LogP) is 2.48. The zero-order chi connectivity index (χ0) is 19.4. The summed E-state index contributed by atoms with van der Waals surface area (Å²) in [5, 5.41) is 6.50. The van der Waals surface area contributed by atoms with E-state index in [2.05, 4.69) is 10.6 Å². The number of anilines is 1. The Labute approximate surface area is 159 Å². The van der Waals surface area contributed by atoms with Crippen molar-refractivity contribution in [2.24, 2.45) is 0 Å². The standard InChI is InChI=1S/C18H24N4O3S/c1-6-25-16(23)14-11(2)22(5)18(26)20-15(14)12-7-9-13(10-8-12)19-17(24)21(3)4/h7-10,15H,6H2,1-5H3,(H,19,24)(H,20,26). The van der Waals surface area contributed by atoms with Crippen LogP contribution in [0.25, 0.3) is 0 Å². The van der Waals surface area contributed by atoms with Crippen LogP contribution in [0.5, 0.6) is 0 Å². The molecule has 0 saturated heterocycles. The number of carbonyl (C=O) groups excluding carboxylic acids is 2. The molecule has 7 nitrogen and oxygen atoms in total. The lowest BCUT2D eigenvalue weighted by Gasteiger charge is -2.35. The first kappa shape index (κ1) is 19.7. The number of nitrogens with zero attached hydrogens (tertiary/aromatic N) is 2. The molecule has 140 valence electrons. The lowest BCUT2D eigenvalue weighted by molar-refractivity contribution is -0.139. The van der Waals surface area contributed by atoms with Crippen molar-refractivity contribution in [1.29, 1.82) is 0 Å². The van der Waals surface area contributed by atoms with Crippen molar-refractivity contribution in [2.45, 2.75) is 19.9 Å². The molecule has 1 unspecified atom stereocenters. The number of thiocarbonyl (C=S) groups is 1. The van der Waals surface area contributed by atoms with Crippen LogP contribution in [0.2, 0.25) is 0 Å². The molecule has 0 aliphatic carbocycles. The van der Waals surface area contributed by atoms with Crippen molar-refractivity contribution < 1.29 is 14.3 Å². The van der Waals surface area contributed by atoms with Gasteiger partial charge in [-0.15, -0.1) is 0 Å². The fraction of sp³-hybridized carbons (Fsp3) is 0.389. The van der Waals surface area contributed by atoms with Gasteiger partial charge in [0, 0.05) is 32.5 Å². The summed E-state index contributed by atoms with van der Waals surface area (Å²) in [6.45, 7) is 3.92. The third-order valence-electron chi connectivity index (χ3n) is 4.15. The molecule has 1 aliphatic rings. The van der Waals surface area contributed by atoms with E-state index in [0.717, 1.165) is 11.3 Å². The fourth-order valence-corrected chi connectivity index (χ4v) is 2.81. The van der Waals surface area contributed by atoms with Crippen molar-refractivity contribution in [3.63, 3.8) is 0 Å². The lowest BCUT2D eigenvalue weighted by Crippen LogP contribution is -2.46. The molecule has 0 aromatic heterocycles. The average Bonchev–Trinajstić information content (AvgIpc) is 2.60. The number of carbonyl (C=O) groups is 2. The molecule has 0 radical (unpaired) electrons. The first-order valence-electron chi connectivity index (χ1n) is 8.26.